The Kier molecular flexibility index (Phi) is 5.67. The monoisotopic (exact) mass is 332 g/mol. The molecule has 2 amide bonds. The number of alkyl carbamates (subject to hydrolysis) is 1. The topological polar surface area (TPSA) is 125 Å². The van der Waals surface area contributed by atoms with Crippen molar-refractivity contribution in [3.8, 4) is 0 Å². The number of rotatable bonds is 6. The molecule has 0 aliphatic carbocycles. The Morgan fingerprint density at radius 3 is 2.58 bits per heavy atom. The maximum absolute atomic E-state index is 11.8. The van der Waals surface area contributed by atoms with Gasteiger partial charge < -0.3 is 20.5 Å². The molecule has 0 bridgehead atoms. The predicted molar refractivity (Wildman–Crippen MR) is 81.7 cm³/mol. The van der Waals surface area contributed by atoms with E-state index in [1.807, 2.05) is 6.07 Å². The second-order valence-corrected chi connectivity index (χ2v) is 5.05. The highest BCUT2D eigenvalue weighted by Gasteiger charge is 2.22. The minimum Gasteiger partial charge on any atom is -0.486 e. The molecular formula is C16H16N2O6. The molecule has 8 heteroatoms. The largest absolute Gasteiger partial charge is 0.486 e. The number of hydrogen-bond acceptors (Lipinski definition) is 6. The van der Waals surface area contributed by atoms with Gasteiger partial charge in [-0.3, -0.25) is 14.4 Å². The average Bonchev–Trinajstić information content (AvgIpc) is 2.56. The van der Waals surface area contributed by atoms with E-state index in [0.717, 1.165) is 11.6 Å². The van der Waals surface area contributed by atoms with Gasteiger partial charge in [-0.05, 0) is 5.56 Å². The number of nitrogens with one attached hydrogen (secondary N) is 1. The Morgan fingerprint density at radius 2 is 1.96 bits per heavy atom. The van der Waals surface area contributed by atoms with Gasteiger partial charge in [-0.2, -0.15) is 0 Å². The average molecular weight is 332 g/mol. The summed E-state index contributed by atoms with van der Waals surface area (Å²) in [6.45, 7) is -0.713. The first-order valence-corrected chi connectivity index (χ1v) is 7.13. The SMILES string of the molecule is NC(=O)[C@H](Cc1ccccc1)NC(=O)OCC1=CC(=O)C(=O)CO1. The number of benzene rings is 1. The molecule has 1 aliphatic heterocycles. The number of ketones is 2. The van der Waals surface area contributed by atoms with Gasteiger partial charge >= 0.3 is 6.09 Å². The Balaban J connectivity index is 1.87. The van der Waals surface area contributed by atoms with E-state index >= 15 is 0 Å². The molecule has 0 spiro atoms. The lowest BCUT2D eigenvalue weighted by atomic mass is 10.1. The number of primary amides is 1. The third-order valence-electron chi connectivity index (χ3n) is 3.22. The Morgan fingerprint density at radius 1 is 1.25 bits per heavy atom. The molecule has 0 saturated carbocycles. The molecule has 0 aromatic heterocycles. The lowest BCUT2D eigenvalue weighted by Crippen LogP contribution is -2.46. The highest BCUT2D eigenvalue weighted by Crippen LogP contribution is 2.07. The van der Waals surface area contributed by atoms with E-state index in [0.29, 0.717) is 0 Å². The Bertz CT molecular complexity index is 683. The smallest absolute Gasteiger partial charge is 0.408 e. The third-order valence-corrected chi connectivity index (χ3v) is 3.22. The number of allylic oxidation sites excluding steroid dienone is 1. The minimum atomic E-state index is -0.940. The zero-order valence-electron chi connectivity index (χ0n) is 12.7. The van der Waals surface area contributed by atoms with Gasteiger partial charge in [-0.25, -0.2) is 4.79 Å². The van der Waals surface area contributed by atoms with Crippen molar-refractivity contribution in [1.82, 2.24) is 5.32 Å². The molecule has 1 heterocycles. The van der Waals surface area contributed by atoms with Crippen molar-refractivity contribution >= 4 is 23.6 Å². The second-order valence-electron chi connectivity index (χ2n) is 5.05. The van der Waals surface area contributed by atoms with E-state index < -0.39 is 29.6 Å². The number of Topliss-reactive ketones (excluding diaryl/α,β-unsaturated/α-hetero) is 1. The van der Waals surface area contributed by atoms with Crippen molar-refractivity contribution in [1.29, 1.82) is 0 Å². The van der Waals surface area contributed by atoms with Crippen LogP contribution in [0.25, 0.3) is 0 Å². The van der Waals surface area contributed by atoms with Crippen LogP contribution in [0.3, 0.4) is 0 Å². The van der Waals surface area contributed by atoms with Gasteiger partial charge in [0.1, 0.15) is 11.8 Å². The van der Waals surface area contributed by atoms with Crippen LogP contribution >= 0.6 is 0 Å². The predicted octanol–water partition coefficient (Wildman–Crippen LogP) is -0.139. The summed E-state index contributed by atoms with van der Waals surface area (Å²) in [5.41, 5.74) is 6.10. The molecule has 1 atom stereocenters. The zero-order valence-corrected chi connectivity index (χ0v) is 12.7. The van der Waals surface area contributed by atoms with Crippen LogP contribution in [0.1, 0.15) is 5.56 Å². The van der Waals surface area contributed by atoms with Crippen molar-refractivity contribution in [2.45, 2.75) is 12.5 Å². The van der Waals surface area contributed by atoms with E-state index in [2.05, 4.69) is 5.32 Å². The minimum absolute atomic E-state index is 0.0634. The Labute approximate surface area is 137 Å². The number of carbonyl (C=O) groups excluding carboxylic acids is 4. The van der Waals surface area contributed by atoms with Crippen molar-refractivity contribution in [2.24, 2.45) is 5.73 Å². The molecule has 8 nitrogen and oxygen atoms in total. The quantitative estimate of drug-likeness (QED) is 0.699. The van der Waals surface area contributed by atoms with Crippen LogP contribution in [-0.4, -0.2) is 42.8 Å². The van der Waals surface area contributed by atoms with Crippen LogP contribution in [0.4, 0.5) is 4.79 Å². The lowest BCUT2D eigenvalue weighted by Gasteiger charge is -2.17. The second kappa shape index (κ2) is 7.91. The summed E-state index contributed by atoms with van der Waals surface area (Å²) >= 11 is 0. The summed E-state index contributed by atoms with van der Waals surface area (Å²) < 4.78 is 9.82. The molecule has 0 radical (unpaired) electrons. The summed E-state index contributed by atoms with van der Waals surface area (Å²) in [6, 6.07) is 8.09. The van der Waals surface area contributed by atoms with Gasteiger partial charge in [0.2, 0.25) is 17.5 Å². The number of ether oxygens (including phenoxy) is 2. The molecule has 0 fully saturated rings. The van der Waals surface area contributed by atoms with Crippen molar-refractivity contribution in [3.05, 3.63) is 47.7 Å². The number of hydrogen-bond donors (Lipinski definition) is 2. The maximum atomic E-state index is 11.8. The first-order valence-electron chi connectivity index (χ1n) is 7.13. The lowest BCUT2D eigenvalue weighted by molar-refractivity contribution is -0.137. The number of nitrogens with two attached hydrogens (primary N) is 1. The normalized spacial score (nSPS) is 15.1. The summed E-state index contributed by atoms with van der Waals surface area (Å²) in [6.07, 6.45) is 0.301. The standard InChI is InChI=1S/C16H16N2O6/c17-15(21)12(6-10-4-2-1-3-5-10)18-16(22)24-8-11-7-13(19)14(20)9-23-11/h1-5,7,12H,6,8-9H2,(H2,17,21)(H,18,22)/t12-/m0/s1. The Hall–Kier alpha value is -3.16. The van der Waals surface area contributed by atoms with Gasteiger partial charge in [-0.1, -0.05) is 30.3 Å². The van der Waals surface area contributed by atoms with E-state index in [-0.39, 0.29) is 25.4 Å². The molecule has 126 valence electrons. The molecule has 0 unspecified atom stereocenters. The molecular weight excluding hydrogens is 316 g/mol. The van der Waals surface area contributed by atoms with Crippen LogP contribution in [0.5, 0.6) is 0 Å². The summed E-state index contributed by atoms with van der Waals surface area (Å²) in [4.78, 5) is 45.4. The molecule has 1 aromatic carbocycles. The van der Waals surface area contributed by atoms with Crippen molar-refractivity contribution in [3.63, 3.8) is 0 Å². The number of carbonyl (C=O) groups is 4. The van der Waals surface area contributed by atoms with Gasteiger partial charge in [0.15, 0.2) is 13.2 Å². The third kappa shape index (κ3) is 4.94. The summed E-state index contributed by atoms with van der Waals surface area (Å²) in [5.74, 6) is -2.02. The fourth-order valence-corrected chi connectivity index (χ4v) is 1.97. The first kappa shape index (κ1) is 17.2. The van der Waals surface area contributed by atoms with Crippen LogP contribution in [-0.2, 0) is 30.3 Å². The van der Waals surface area contributed by atoms with Crippen LogP contribution in [0, 0.1) is 0 Å². The first-order chi connectivity index (χ1) is 11.5. The van der Waals surface area contributed by atoms with Gasteiger partial charge in [0.25, 0.3) is 0 Å². The van der Waals surface area contributed by atoms with Crippen molar-refractivity contribution < 1.29 is 28.7 Å². The fourth-order valence-electron chi connectivity index (χ4n) is 1.97. The highest BCUT2D eigenvalue weighted by atomic mass is 16.6. The molecule has 24 heavy (non-hydrogen) atoms. The van der Waals surface area contributed by atoms with Crippen LogP contribution in [0.2, 0.25) is 0 Å². The van der Waals surface area contributed by atoms with Gasteiger partial charge in [0, 0.05) is 12.5 Å². The van der Waals surface area contributed by atoms with Gasteiger partial charge in [0.05, 0.1) is 0 Å². The zero-order chi connectivity index (χ0) is 17.5. The molecule has 3 N–H and O–H groups in total. The summed E-state index contributed by atoms with van der Waals surface area (Å²) in [7, 11) is 0. The summed E-state index contributed by atoms with van der Waals surface area (Å²) in [5, 5.41) is 2.35. The van der Waals surface area contributed by atoms with E-state index in [4.69, 9.17) is 15.2 Å². The number of amides is 2. The van der Waals surface area contributed by atoms with Crippen LogP contribution < -0.4 is 11.1 Å². The maximum Gasteiger partial charge on any atom is 0.408 e. The molecule has 0 saturated heterocycles. The molecule has 1 aromatic rings. The molecule has 1 aliphatic rings. The molecule has 2 rings (SSSR count). The van der Waals surface area contributed by atoms with Gasteiger partial charge in [-0.15, -0.1) is 0 Å². The van der Waals surface area contributed by atoms with Crippen molar-refractivity contribution in [2.75, 3.05) is 13.2 Å². The van der Waals surface area contributed by atoms with E-state index in [9.17, 15) is 19.2 Å². The highest BCUT2D eigenvalue weighted by molar-refractivity contribution is 6.42. The van der Waals surface area contributed by atoms with E-state index in [1.165, 1.54) is 0 Å². The fraction of sp³-hybridized carbons (Fsp3) is 0.250. The van der Waals surface area contributed by atoms with E-state index in [1.54, 1.807) is 24.3 Å². The van der Waals surface area contributed by atoms with Crippen LogP contribution in [0.15, 0.2) is 42.2 Å².